The van der Waals surface area contributed by atoms with Gasteiger partial charge >= 0.3 is 0 Å². The first-order valence-corrected chi connectivity index (χ1v) is 10.5. The molecule has 2 heterocycles. The van der Waals surface area contributed by atoms with Crippen LogP contribution >= 0.6 is 0 Å². The number of halogens is 1. The molecule has 0 saturated carbocycles. The average Bonchev–Trinajstić information content (AvgIpc) is 3.24. The number of nitrogens with zero attached hydrogens (tertiary/aromatic N) is 1. The molecule has 8 heteroatoms. The zero-order valence-electron chi connectivity index (χ0n) is 18.7. The first-order valence-electron chi connectivity index (χ1n) is 10.5. The summed E-state index contributed by atoms with van der Waals surface area (Å²) in [5.74, 6) is -0.224. The number of hydrogen-bond donors (Lipinski definition) is 1. The molecule has 0 radical (unpaired) electrons. The Balaban J connectivity index is 1.84. The van der Waals surface area contributed by atoms with Gasteiger partial charge in [0.25, 0.3) is 5.91 Å². The van der Waals surface area contributed by atoms with Gasteiger partial charge in [-0.1, -0.05) is 6.08 Å². The number of imide groups is 1. The predicted octanol–water partition coefficient (Wildman–Crippen LogP) is 4.17. The number of carbonyl (C=O) groups excluding carboxylic acids is 2. The Morgan fingerprint density at radius 1 is 1.12 bits per heavy atom. The minimum absolute atomic E-state index is 0.00167. The number of methoxy groups -OCH3 is 3. The quantitative estimate of drug-likeness (QED) is 0.582. The molecule has 33 heavy (non-hydrogen) atoms. The highest BCUT2D eigenvalue weighted by Crippen LogP contribution is 2.43. The monoisotopic (exact) mass is 452 g/mol. The van der Waals surface area contributed by atoms with Gasteiger partial charge in [-0.25, -0.2) is 4.39 Å². The van der Waals surface area contributed by atoms with Crippen LogP contribution in [-0.2, 0) is 9.59 Å². The Bertz CT molecular complexity index is 1210. The van der Waals surface area contributed by atoms with Crippen molar-refractivity contribution in [3.05, 3.63) is 65.6 Å². The van der Waals surface area contributed by atoms with Crippen molar-refractivity contribution in [2.24, 2.45) is 0 Å². The first-order chi connectivity index (χ1) is 16.0. The van der Waals surface area contributed by atoms with Crippen molar-refractivity contribution < 1.29 is 28.2 Å². The van der Waals surface area contributed by atoms with Gasteiger partial charge in [-0.3, -0.25) is 14.5 Å². The molecule has 1 aliphatic rings. The Morgan fingerprint density at radius 2 is 1.85 bits per heavy atom. The standard InChI is InChI=1S/C25H25FN2O5/c1-31-21-10-15(11-22(32-2)25(21)33-3)17(13-24(30)28-9-5-4-6-23(28)29)19-14-27-20-8-7-16(26)12-18(19)20/h4,6-8,10-12,14,17,27H,5,9,13H2,1-3H3. The third-order valence-corrected chi connectivity index (χ3v) is 5.87. The smallest absolute Gasteiger partial charge is 0.252 e. The van der Waals surface area contributed by atoms with Crippen molar-refractivity contribution in [1.82, 2.24) is 9.88 Å². The highest BCUT2D eigenvalue weighted by atomic mass is 19.1. The topological polar surface area (TPSA) is 80.9 Å². The SMILES string of the molecule is COc1cc(C(CC(=O)N2CCC=CC2=O)c2c[nH]c3ccc(F)cc23)cc(OC)c1OC. The molecule has 1 atom stereocenters. The second kappa shape index (κ2) is 9.36. The summed E-state index contributed by atoms with van der Waals surface area (Å²) in [6, 6.07) is 8.01. The Morgan fingerprint density at radius 3 is 2.48 bits per heavy atom. The molecule has 1 aromatic heterocycles. The molecule has 0 aliphatic carbocycles. The van der Waals surface area contributed by atoms with Crippen LogP contribution in [0.15, 0.2) is 48.7 Å². The predicted molar refractivity (Wildman–Crippen MR) is 121 cm³/mol. The molecular weight excluding hydrogens is 427 g/mol. The van der Waals surface area contributed by atoms with E-state index in [1.165, 1.54) is 44.4 Å². The van der Waals surface area contributed by atoms with Crippen molar-refractivity contribution in [3.63, 3.8) is 0 Å². The van der Waals surface area contributed by atoms with E-state index in [0.717, 1.165) is 11.1 Å². The molecule has 0 spiro atoms. The summed E-state index contributed by atoms with van der Waals surface area (Å²) < 4.78 is 30.5. The number of aromatic nitrogens is 1. The molecular formula is C25H25FN2O5. The van der Waals surface area contributed by atoms with Gasteiger partial charge in [0.1, 0.15) is 5.82 Å². The van der Waals surface area contributed by atoms with Gasteiger partial charge in [0.2, 0.25) is 11.7 Å². The summed E-state index contributed by atoms with van der Waals surface area (Å²) in [6.07, 6.45) is 5.55. The zero-order valence-corrected chi connectivity index (χ0v) is 18.7. The van der Waals surface area contributed by atoms with Crippen LogP contribution in [0.3, 0.4) is 0 Å². The number of H-pyrrole nitrogens is 1. The normalized spacial score (nSPS) is 14.4. The molecule has 4 rings (SSSR count). The molecule has 2 aromatic carbocycles. The molecule has 1 N–H and O–H groups in total. The maximum absolute atomic E-state index is 14.1. The van der Waals surface area contributed by atoms with Crippen molar-refractivity contribution in [2.45, 2.75) is 18.8 Å². The second-order valence-corrected chi connectivity index (χ2v) is 7.72. The van der Waals surface area contributed by atoms with E-state index in [9.17, 15) is 14.0 Å². The van der Waals surface area contributed by atoms with Gasteiger partial charge in [-0.05, 0) is 54.0 Å². The molecule has 3 aromatic rings. The highest BCUT2D eigenvalue weighted by Gasteiger charge is 2.29. The maximum atomic E-state index is 14.1. The van der Waals surface area contributed by atoms with E-state index >= 15 is 0 Å². The van der Waals surface area contributed by atoms with E-state index in [-0.39, 0.29) is 24.1 Å². The number of ether oxygens (including phenoxy) is 3. The molecule has 7 nitrogen and oxygen atoms in total. The first kappa shape index (κ1) is 22.4. The molecule has 0 saturated heterocycles. The van der Waals surface area contributed by atoms with Gasteiger partial charge in [0.15, 0.2) is 11.5 Å². The fourth-order valence-corrected chi connectivity index (χ4v) is 4.23. The van der Waals surface area contributed by atoms with Gasteiger partial charge in [0, 0.05) is 36.0 Å². The third-order valence-electron chi connectivity index (χ3n) is 5.87. The molecule has 2 amide bonds. The lowest BCUT2D eigenvalue weighted by Gasteiger charge is -2.25. The Hall–Kier alpha value is -3.81. The lowest BCUT2D eigenvalue weighted by Crippen LogP contribution is -2.38. The van der Waals surface area contributed by atoms with Crippen LogP contribution in [0.1, 0.15) is 29.9 Å². The average molecular weight is 452 g/mol. The summed E-state index contributed by atoms with van der Waals surface area (Å²) in [4.78, 5) is 29.9. The summed E-state index contributed by atoms with van der Waals surface area (Å²) in [5.41, 5.74) is 2.18. The number of rotatable bonds is 7. The van der Waals surface area contributed by atoms with Gasteiger partial charge in [0.05, 0.1) is 21.3 Å². The van der Waals surface area contributed by atoms with E-state index in [0.29, 0.717) is 41.2 Å². The fraction of sp³-hybridized carbons (Fsp3) is 0.280. The summed E-state index contributed by atoms with van der Waals surface area (Å²) in [7, 11) is 4.54. The van der Waals surface area contributed by atoms with Gasteiger partial charge in [-0.2, -0.15) is 0 Å². The van der Waals surface area contributed by atoms with Crippen LogP contribution in [0.2, 0.25) is 0 Å². The number of nitrogens with one attached hydrogen (secondary N) is 1. The fourth-order valence-electron chi connectivity index (χ4n) is 4.23. The van der Waals surface area contributed by atoms with Crippen LogP contribution in [0, 0.1) is 5.82 Å². The van der Waals surface area contributed by atoms with Gasteiger partial charge in [-0.15, -0.1) is 0 Å². The maximum Gasteiger partial charge on any atom is 0.252 e. The minimum atomic E-state index is -0.500. The minimum Gasteiger partial charge on any atom is -0.493 e. The molecule has 172 valence electrons. The van der Waals surface area contributed by atoms with Crippen LogP contribution in [0.25, 0.3) is 10.9 Å². The number of aromatic amines is 1. The van der Waals surface area contributed by atoms with Crippen LogP contribution < -0.4 is 14.2 Å². The van der Waals surface area contributed by atoms with E-state index in [4.69, 9.17) is 14.2 Å². The van der Waals surface area contributed by atoms with Crippen LogP contribution in [0.4, 0.5) is 4.39 Å². The van der Waals surface area contributed by atoms with Crippen molar-refractivity contribution in [3.8, 4) is 17.2 Å². The van der Waals surface area contributed by atoms with Gasteiger partial charge < -0.3 is 19.2 Å². The van der Waals surface area contributed by atoms with Crippen LogP contribution in [0.5, 0.6) is 17.2 Å². The molecule has 1 aliphatic heterocycles. The van der Waals surface area contributed by atoms with Crippen molar-refractivity contribution in [1.29, 1.82) is 0 Å². The number of hydrogen-bond acceptors (Lipinski definition) is 5. The van der Waals surface area contributed by atoms with E-state index in [1.54, 1.807) is 30.5 Å². The van der Waals surface area contributed by atoms with E-state index < -0.39 is 5.92 Å². The number of amides is 2. The highest BCUT2D eigenvalue weighted by molar-refractivity contribution is 6.02. The molecule has 0 bridgehead atoms. The second-order valence-electron chi connectivity index (χ2n) is 7.72. The molecule has 1 unspecified atom stereocenters. The lowest BCUT2D eigenvalue weighted by atomic mass is 9.87. The lowest BCUT2D eigenvalue weighted by molar-refractivity contribution is -0.142. The number of benzene rings is 2. The number of carbonyl (C=O) groups is 2. The Kier molecular flexibility index (Phi) is 6.35. The summed E-state index contributed by atoms with van der Waals surface area (Å²) >= 11 is 0. The van der Waals surface area contributed by atoms with E-state index in [2.05, 4.69) is 4.98 Å². The largest absolute Gasteiger partial charge is 0.493 e. The summed E-state index contributed by atoms with van der Waals surface area (Å²) in [6.45, 7) is 0.332. The third kappa shape index (κ3) is 4.28. The summed E-state index contributed by atoms with van der Waals surface area (Å²) in [5, 5.41) is 0.659. The van der Waals surface area contributed by atoms with Crippen molar-refractivity contribution in [2.75, 3.05) is 27.9 Å². The van der Waals surface area contributed by atoms with Crippen LogP contribution in [-0.4, -0.2) is 49.6 Å². The van der Waals surface area contributed by atoms with Crippen molar-refractivity contribution >= 4 is 22.7 Å². The van der Waals surface area contributed by atoms with E-state index in [1.807, 2.05) is 0 Å². The Labute approximate surface area is 190 Å². The zero-order chi connectivity index (χ0) is 23.5. The molecule has 0 fully saturated rings. The number of fused-ring (bicyclic) bond motifs is 1.